The van der Waals surface area contributed by atoms with E-state index in [2.05, 4.69) is 5.32 Å². The topological polar surface area (TPSA) is 86.8 Å². The van der Waals surface area contributed by atoms with Crippen LogP contribution in [0, 0.1) is 5.92 Å². The van der Waals surface area contributed by atoms with E-state index in [1.165, 1.54) is 29.2 Å². The van der Waals surface area contributed by atoms with Crippen molar-refractivity contribution in [3.8, 4) is 0 Å². The average molecular weight is 687 g/mol. The minimum absolute atomic E-state index is 0.00546. The third-order valence-corrected chi connectivity index (χ3v) is 9.83. The van der Waals surface area contributed by atoms with Crippen molar-refractivity contribution < 1.29 is 18.0 Å². The number of carbonyl (C=O) groups excluding carboxylic acids is 2. The SMILES string of the molecule is CC(C)CNC(=O)[C@H](Cc1ccccc1)N(Cc1cccc(Cl)c1)C(=O)CN(c1cccc(Cl)c1Cl)S(=O)(=O)c1ccccc1. The van der Waals surface area contributed by atoms with E-state index in [1.807, 2.05) is 44.2 Å². The summed E-state index contributed by atoms with van der Waals surface area (Å²) < 4.78 is 29.1. The normalized spacial score (nSPS) is 12.0. The first-order valence-corrected chi connectivity index (χ1v) is 16.9. The molecule has 0 unspecified atom stereocenters. The van der Waals surface area contributed by atoms with Crippen LogP contribution in [0.2, 0.25) is 15.1 Å². The van der Waals surface area contributed by atoms with E-state index in [1.54, 1.807) is 48.5 Å². The molecule has 0 saturated heterocycles. The Morgan fingerprint density at radius 2 is 1.42 bits per heavy atom. The maximum Gasteiger partial charge on any atom is 0.264 e. The van der Waals surface area contributed by atoms with Gasteiger partial charge in [-0.15, -0.1) is 0 Å². The molecule has 11 heteroatoms. The van der Waals surface area contributed by atoms with Gasteiger partial charge in [0.05, 0.1) is 20.6 Å². The van der Waals surface area contributed by atoms with Crippen molar-refractivity contribution in [1.29, 1.82) is 0 Å². The Kier molecular flexibility index (Phi) is 11.9. The van der Waals surface area contributed by atoms with Gasteiger partial charge >= 0.3 is 0 Å². The lowest BCUT2D eigenvalue weighted by atomic mass is 10.0. The van der Waals surface area contributed by atoms with Crippen LogP contribution in [0.1, 0.15) is 25.0 Å². The summed E-state index contributed by atoms with van der Waals surface area (Å²) in [6.07, 6.45) is 0.195. The van der Waals surface area contributed by atoms with Crippen molar-refractivity contribution in [2.45, 2.75) is 37.8 Å². The summed E-state index contributed by atoms with van der Waals surface area (Å²) in [5, 5.41) is 3.53. The zero-order chi connectivity index (χ0) is 32.6. The minimum atomic E-state index is -4.31. The lowest BCUT2D eigenvalue weighted by molar-refractivity contribution is -0.140. The minimum Gasteiger partial charge on any atom is -0.354 e. The summed E-state index contributed by atoms with van der Waals surface area (Å²) in [4.78, 5) is 29.7. The maximum atomic E-state index is 14.5. The lowest BCUT2D eigenvalue weighted by Gasteiger charge is -2.34. The second-order valence-electron chi connectivity index (χ2n) is 10.9. The van der Waals surface area contributed by atoms with E-state index < -0.39 is 28.5 Å². The molecule has 1 N–H and O–H groups in total. The van der Waals surface area contributed by atoms with Crippen molar-refractivity contribution in [2.24, 2.45) is 5.92 Å². The maximum absolute atomic E-state index is 14.5. The van der Waals surface area contributed by atoms with Crippen LogP contribution in [0.15, 0.2) is 108 Å². The molecule has 0 radical (unpaired) electrons. The Balaban J connectivity index is 1.82. The predicted molar refractivity (Wildman–Crippen MR) is 181 cm³/mol. The average Bonchev–Trinajstić information content (AvgIpc) is 3.02. The Morgan fingerprint density at radius 1 is 0.800 bits per heavy atom. The number of amides is 2. The third kappa shape index (κ3) is 9.01. The zero-order valence-corrected chi connectivity index (χ0v) is 28.0. The molecule has 0 fully saturated rings. The van der Waals surface area contributed by atoms with Crippen LogP contribution in [-0.4, -0.2) is 44.3 Å². The fourth-order valence-corrected chi connectivity index (χ4v) is 6.83. The van der Waals surface area contributed by atoms with Gasteiger partial charge in [-0.25, -0.2) is 8.42 Å². The second-order valence-corrected chi connectivity index (χ2v) is 14.0. The van der Waals surface area contributed by atoms with Gasteiger partial charge in [-0.1, -0.05) is 115 Å². The quantitative estimate of drug-likeness (QED) is 0.161. The molecular weight excluding hydrogens is 653 g/mol. The number of hydrogen-bond donors (Lipinski definition) is 1. The number of sulfonamides is 1. The molecule has 45 heavy (non-hydrogen) atoms. The van der Waals surface area contributed by atoms with Crippen LogP contribution in [0.25, 0.3) is 0 Å². The van der Waals surface area contributed by atoms with Gasteiger partial charge in [0.25, 0.3) is 10.0 Å². The molecule has 236 valence electrons. The molecule has 0 aromatic heterocycles. The van der Waals surface area contributed by atoms with Crippen molar-refractivity contribution in [3.63, 3.8) is 0 Å². The molecule has 0 aliphatic carbocycles. The summed E-state index contributed by atoms with van der Waals surface area (Å²) in [6, 6.07) is 27.7. The highest BCUT2D eigenvalue weighted by Gasteiger charge is 2.35. The Morgan fingerprint density at radius 3 is 2.07 bits per heavy atom. The van der Waals surface area contributed by atoms with Crippen molar-refractivity contribution in [2.75, 3.05) is 17.4 Å². The van der Waals surface area contributed by atoms with Crippen LogP contribution in [0.5, 0.6) is 0 Å². The first-order chi connectivity index (χ1) is 21.5. The standard InChI is InChI=1S/C34H34Cl3N3O4S/c1-24(2)21-38-34(42)31(20-25-11-5-3-6-12-25)39(22-26-13-9-14-27(35)19-26)32(41)23-40(30-18-10-17-29(36)33(30)37)45(43,44)28-15-7-4-8-16-28/h3-19,24,31H,20-23H2,1-2H3,(H,38,42)/t31-/m0/s1. The zero-order valence-electron chi connectivity index (χ0n) is 24.9. The highest BCUT2D eigenvalue weighted by atomic mass is 35.5. The number of benzene rings is 4. The molecule has 1 atom stereocenters. The predicted octanol–water partition coefficient (Wildman–Crippen LogP) is 7.25. The van der Waals surface area contributed by atoms with Gasteiger partial charge in [0, 0.05) is 24.5 Å². The van der Waals surface area contributed by atoms with Crippen LogP contribution >= 0.6 is 34.8 Å². The number of halogens is 3. The summed E-state index contributed by atoms with van der Waals surface area (Å²) in [7, 11) is -4.31. The third-order valence-electron chi connectivity index (χ3n) is 7.01. The van der Waals surface area contributed by atoms with E-state index in [0.29, 0.717) is 17.1 Å². The Labute approximate surface area is 279 Å². The molecular formula is C34H34Cl3N3O4S. The molecule has 0 saturated carbocycles. The van der Waals surface area contributed by atoms with Crippen LogP contribution in [-0.2, 0) is 32.6 Å². The first-order valence-electron chi connectivity index (χ1n) is 14.3. The summed E-state index contributed by atoms with van der Waals surface area (Å²) in [6.45, 7) is 3.69. The number of anilines is 1. The highest BCUT2D eigenvalue weighted by molar-refractivity contribution is 7.92. The summed E-state index contributed by atoms with van der Waals surface area (Å²) >= 11 is 19.1. The molecule has 4 rings (SSSR count). The van der Waals surface area contributed by atoms with Crippen molar-refractivity contribution >= 4 is 62.3 Å². The van der Waals surface area contributed by atoms with Gasteiger partial charge in [-0.2, -0.15) is 0 Å². The molecule has 0 bridgehead atoms. The van der Waals surface area contributed by atoms with Gasteiger partial charge in [0.15, 0.2) is 0 Å². The van der Waals surface area contributed by atoms with Gasteiger partial charge in [-0.05, 0) is 53.4 Å². The van der Waals surface area contributed by atoms with Gasteiger partial charge in [0.2, 0.25) is 11.8 Å². The number of rotatable bonds is 13. The fourth-order valence-electron chi connectivity index (χ4n) is 4.73. The number of carbonyl (C=O) groups is 2. The molecule has 7 nitrogen and oxygen atoms in total. The lowest BCUT2D eigenvalue weighted by Crippen LogP contribution is -2.53. The number of nitrogens with zero attached hydrogens (tertiary/aromatic N) is 2. The molecule has 0 aliphatic heterocycles. The first kappa shape index (κ1) is 34.3. The van der Waals surface area contributed by atoms with Crippen molar-refractivity contribution in [1.82, 2.24) is 10.2 Å². The monoisotopic (exact) mass is 685 g/mol. The molecule has 0 spiro atoms. The Bertz CT molecular complexity index is 1720. The molecule has 2 amide bonds. The largest absolute Gasteiger partial charge is 0.354 e. The second kappa shape index (κ2) is 15.6. The summed E-state index contributed by atoms with van der Waals surface area (Å²) in [5.41, 5.74) is 1.54. The van der Waals surface area contributed by atoms with Gasteiger partial charge < -0.3 is 10.2 Å². The molecule has 4 aromatic carbocycles. The number of nitrogens with one attached hydrogen (secondary N) is 1. The molecule has 4 aromatic rings. The van der Waals surface area contributed by atoms with Crippen LogP contribution in [0.4, 0.5) is 5.69 Å². The fraction of sp³-hybridized carbons (Fsp3) is 0.235. The van der Waals surface area contributed by atoms with E-state index >= 15 is 0 Å². The smallest absolute Gasteiger partial charge is 0.264 e. The van der Waals surface area contributed by atoms with Crippen molar-refractivity contribution in [3.05, 3.63) is 129 Å². The van der Waals surface area contributed by atoms with E-state index in [9.17, 15) is 18.0 Å². The Hall–Kier alpha value is -3.56. The molecule has 0 heterocycles. The van der Waals surface area contributed by atoms with Gasteiger partial charge in [-0.3, -0.25) is 13.9 Å². The number of hydrogen-bond acceptors (Lipinski definition) is 4. The van der Waals surface area contributed by atoms with E-state index in [-0.39, 0.29) is 45.4 Å². The summed E-state index contributed by atoms with van der Waals surface area (Å²) in [5.74, 6) is -0.813. The van der Waals surface area contributed by atoms with E-state index in [0.717, 1.165) is 9.87 Å². The van der Waals surface area contributed by atoms with E-state index in [4.69, 9.17) is 34.8 Å². The highest BCUT2D eigenvalue weighted by Crippen LogP contribution is 2.35. The van der Waals surface area contributed by atoms with Crippen LogP contribution < -0.4 is 9.62 Å². The van der Waals surface area contributed by atoms with Gasteiger partial charge in [0.1, 0.15) is 12.6 Å². The molecule has 0 aliphatic rings. The van der Waals surface area contributed by atoms with Crippen LogP contribution in [0.3, 0.4) is 0 Å².